The zero-order valence-electron chi connectivity index (χ0n) is 13.1. The minimum atomic E-state index is 0. The molecule has 1 aliphatic heterocycles. The van der Waals surface area contributed by atoms with E-state index in [0.717, 1.165) is 32.7 Å². The fraction of sp³-hybridized carbons (Fsp3) is 0.500. The van der Waals surface area contributed by atoms with Crippen molar-refractivity contribution in [2.75, 3.05) is 19.8 Å². The van der Waals surface area contributed by atoms with E-state index in [0.29, 0.717) is 0 Å². The molecule has 1 aromatic carbocycles. The van der Waals surface area contributed by atoms with Crippen molar-refractivity contribution in [1.82, 2.24) is 9.80 Å². The van der Waals surface area contributed by atoms with Crippen molar-refractivity contribution in [3.63, 3.8) is 0 Å². The first-order chi connectivity index (χ1) is 9.10. The van der Waals surface area contributed by atoms with Crippen molar-refractivity contribution in [3.8, 4) is 0 Å². The van der Waals surface area contributed by atoms with Gasteiger partial charge in [0.05, 0.1) is 6.67 Å². The molecule has 0 saturated carbocycles. The number of nitrogens with zero attached hydrogens (tertiary/aromatic N) is 2. The summed E-state index contributed by atoms with van der Waals surface area (Å²) < 4.78 is 0. The number of halogens is 2. The first-order valence-corrected chi connectivity index (χ1v) is 7.03. The Bertz CT molecular complexity index is 452. The molecule has 1 heterocycles. The summed E-state index contributed by atoms with van der Waals surface area (Å²) in [5, 5.41) is 0. The minimum absolute atomic E-state index is 0. The molecule has 5 heteroatoms. The van der Waals surface area contributed by atoms with Crippen molar-refractivity contribution >= 4 is 24.8 Å². The van der Waals surface area contributed by atoms with Crippen LogP contribution in [-0.2, 0) is 6.54 Å². The molecule has 0 spiro atoms. The molecule has 21 heavy (non-hydrogen) atoms. The number of hydrogen-bond acceptors (Lipinski definition) is 3. The minimum Gasteiger partial charge on any atom is -0.359 e. The van der Waals surface area contributed by atoms with Crippen LogP contribution in [0.25, 0.3) is 0 Å². The molecule has 0 saturated heterocycles. The lowest BCUT2D eigenvalue weighted by Crippen LogP contribution is -2.27. The van der Waals surface area contributed by atoms with Gasteiger partial charge in [-0.15, -0.1) is 24.8 Å². The van der Waals surface area contributed by atoms with Crippen LogP contribution in [0.1, 0.15) is 28.7 Å². The lowest BCUT2D eigenvalue weighted by molar-refractivity contribution is 0.258. The predicted molar refractivity (Wildman–Crippen MR) is 95.1 cm³/mol. The van der Waals surface area contributed by atoms with Gasteiger partial charge in [-0.25, -0.2) is 0 Å². The zero-order chi connectivity index (χ0) is 13.8. The van der Waals surface area contributed by atoms with Gasteiger partial charge in [-0.05, 0) is 50.4 Å². The summed E-state index contributed by atoms with van der Waals surface area (Å²) in [7, 11) is 0. The Morgan fingerprint density at radius 1 is 1.00 bits per heavy atom. The Kier molecular flexibility index (Phi) is 8.79. The number of benzene rings is 1. The van der Waals surface area contributed by atoms with E-state index >= 15 is 0 Å². The molecule has 0 aromatic heterocycles. The molecular formula is C16H27Cl2N3. The molecule has 0 fully saturated rings. The van der Waals surface area contributed by atoms with E-state index in [9.17, 15) is 0 Å². The van der Waals surface area contributed by atoms with Crippen LogP contribution >= 0.6 is 24.8 Å². The average molecular weight is 332 g/mol. The molecule has 120 valence electrons. The highest BCUT2D eigenvalue weighted by Gasteiger charge is 2.14. The molecule has 0 aliphatic carbocycles. The Hall–Kier alpha value is -0.900. The summed E-state index contributed by atoms with van der Waals surface area (Å²) in [4.78, 5) is 4.69. The normalized spacial score (nSPS) is 13.1. The highest BCUT2D eigenvalue weighted by Crippen LogP contribution is 2.20. The standard InChI is InChI=1S/C16H25N3.2ClH/c1-13-9-14(2)16(15(3)10-13)11-19-8-7-18(12-19)6-4-5-17;;/h7-10H,4-6,11-12,17H2,1-3H3;2*1H. The van der Waals surface area contributed by atoms with Gasteiger partial charge in [0.1, 0.15) is 0 Å². The summed E-state index contributed by atoms with van der Waals surface area (Å²) in [6.07, 6.45) is 5.42. The van der Waals surface area contributed by atoms with Gasteiger partial charge < -0.3 is 15.5 Å². The van der Waals surface area contributed by atoms with Gasteiger partial charge >= 0.3 is 0 Å². The predicted octanol–water partition coefficient (Wildman–Crippen LogP) is 3.35. The number of aryl methyl sites for hydroxylation is 3. The van der Waals surface area contributed by atoms with Crippen LogP contribution in [0.15, 0.2) is 24.5 Å². The quantitative estimate of drug-likeness (QED) is 0.897. The van der Waals surface area contributed by atoms with Gasteiger partial charge in [0, 0.05) is 25.5 Å². The third-order valence-electron chi connectivity index (χ3n) is 3.70. The van der Waals surface area contributed by atoms with Crippen molar-refractivity contribution < 1.29 is 0 Å². The van der Waals surface area contributed by atoms with Crippen LogP contribution in [0.4, 0.5) is 0 Å². The second kappa shape index (κ2) is 9.19. The van der Waals surface area contributed by atoms with Crippen LogP contribution in [0, 0.1) is 20.8 Å². The highest BCUT2D eigenvalue weighted by molar-refractivity contribution is 5.85. The van der Waals surface area contributed by atoms with Crippen molar-refractivity contribution in [2.24, 2.45) is 5.73 Å². The molecule has 0 amide bonds. The van der Waals surface area contributed by atoms with Gasteiger partial charge in [-0.3, -0.25) is 0 Å². The molecule has 1 aromatic rings. The highest BCUT2D eigenvalue weighted by atomic mass is 35.5. The molecular weight excluding hydrogens is 305 g/mol. The zero-order valence-corrected chi connectivity index (χ0v) is 14.8. The Balaban J connectivity index is 0.00000200. The molecule has 0 unspecified atom stereocenters. The van der Waals surface area contributed by atoms with Crippen molar-refractivity contribution in [2.45, 2.75) is 33.7 Å². The Morgan fingerprint density at radius 2 is 1.57 bits per heavy atom. The summed E-state index contributed by atoms with van der Waals surface area (Å²) in [6.45, 7) is 10.4. The van der Waals surface area contributed by atoms with E-state index < -0.39 is 0 Å². The molecule has 2 rings (SSSR count). The Labute approximate surface area is 141 Å². The maximum atomic E-state index is 5.55. The summed E-state index contributed by atoms with van der Waals surface area (Å²) in [5.41, 5.74) is 11.1. The molecule has 0 atom stereocenters. The fourth-order valence-corrected chi connectivity index (χ4v) is 2.72. The largest absolute Gasteiger partial charge is 0.359 e. The number of hydrogen-bond donors (Lipinski definition) is 1. The molecule has 0 radical (unpaired) electrons. The SMILES string of the molecule is Cc1cc(C)c(CN2C=CN(CCCN)C2)c(C)c1.Cl.Cl. The maximum Gasteiger partial charge on any atom is 0.0897 e. The lowest BCUT2D eigenvalue weighted by Gasteiger charge is -2.23. The maximum absolute atomic E-state index is 5.55. The van der Waals surface area contributed by atoms with E-state index in [1.165, 1.54) is 22.3 Å². The molecule has 3 nitrogen and oxygen atoms in total. The van der Waals surface area contributed by atoms with E-state index in [-0.39, 0.29) is 24.8 Å². The second-order valence-corrected chi connectivity index (χ2v) is 5.52. The number of nitrogens with two attached hydrogens (primary N) is 1. The number of rotatable bonds is 5. The first-order valence-electron chi connectivity index (χ1n) is 7.03. The van der Waals surface area contributed by atoms with Crippen LogP contribution in [0.5, 0.6) is 0 Å². The topological polar surface area (TPSA) is 32.5 Å². The van der Waals surface area contributed by atoms with Crippen LogP contribution < -0.4 is 5.73 Å². The van der Waals surface area contributed by atoms with Gasteiger partial charge in [0.15, 0.2) is 0 Å². The molecule has 0 bridgehead atoms. The summed E-state index contributed by atoms with van der Waals surface area (Å²) in [5.74, 6) is 0. The molecule has 2 N–H and O–H groups in total. The summed E-state index contributed by atoms with van der Waals surface area (Å²) in [6, 6.07) is 4.54. The Morgan fingerprint density at radius 3 is 2.14 bits per heavy atom. The fourth-order valence-electron chi connectivity index (χ4n) is 2.72. The second-order valence-electron chi connectivity index (χ2n) is 5.52. The van der Waals surface area contributed by atoms with Gasteiger partial charge in [0.25, 0.3) is 0 Å². The van der Waals surface area contributed by atoms with E-state index in [1.54, 1.807) is 0 Å². The van der Waals surface area contributed by atoms with Crippen LogP contribution in [0.3, 0.4) is 0 Å². The van der Waals surface area contributed by atoms with E-state index in [1.807, 2.05) is 0 Å². The lowest BCUT2D eigenvalue weighted by atomic mass is 9.99. The van der Waals surface area contributed by atoms with Gasteiger partial charge in [0.2, 0.25) is 0 Å². The first kappa shape index (κ1) is 20.1. The van der Waals surface area contributed by atoms with Crippen molar-refractivity contribution in [1.29, 1.82) is 0 Å². The van der Waals surface area contributed by atoms with Crippen LogP contribution in [0.2, 0.25) is 0 Å². The third kappa shape index (κ3) is 5.42. The summed E-state index contributed by atoms with van der Waals surface area (Å²) >= 11 is 0. The van der Waals surface area contributed by atoms with E-state index in [2.05, 4.69) is 55.1 Å². The van der Waals surface area contributed by atoms with Gasteiger partial charge in [-0.1, -0.05) is 17.7 Å². The monoisotopic (exact) mass is 331 g/mol. The molecule has 1 aliphatic rings. The van der Waals surface area contributed by atoms with Crippen molar-refractivity contribution in [3.05, 3.63) is 46.8 Å². The smallest absolute Gasteiger partial charge is 0.0897 e. The van der Waals surface area contributed by atoms with Crippen LogP contribution in [-0.4, -0.2) is 29.6 Å². The van der Waals surface area contributed by atoms with Gasteiger partial charge in [-0.2, -0.15) is 0 Å². The average Bonchev–Trinajstić information content (AvgIpc) is 2.79. The van der Waals surface area contributed by atoms with E-state index in [4.69, 9.17) is 5.73 Å². The third-order valence-corrected chi connectivity index (χ3v) is 3.70.